The summed E-state index contributed by atoms with van der Waals surface area (Å²) in [5.41, 5.74) is 4.32. The van der Waals surface area contributed by atoms with E-state index in [-0.39, 0.29) is 0 Å². The lowest BCUT2D eigenvalue weighted by atomic mass is 10.1. The monoisotopic (exact) mass is 343 g/mol. The van der Waals surface area contributed by atoms with Crippen molar-refractivity contribution in [3.8, 4) is 16.3 Å². The molecule has 3 nitrogen and oxygen atoms in total. The van der Waals surface area contributed by atoms with E-state index in [1.54, 1.807) is 11.3 Å². The second-order valence-electron chi connectivity index (χ2n) is 5.75. The van der Waals surface area contributed by atoms with Crippen LogP contribution in [0, 0.1) is 6.92 Å². The van der Waals surface area contributed by atoms with Gasteiger partial charge in [0.2, 0.25) is 5.69 Å². The van der Waals surface area contributed by atoms with Gasteiger partial charge in [-0.1, -0.05) is 77.6 Å². The summed E-state index contributed by atoms with van der Waals surface area (Å²) >= 11 is 1.59. The predicted octanol–water partition coefficient (Wildman–Crippen LogP) is 4.19. The Labute approximate surface area is 150 Å². The van der Waals surface area contributed by atoms with Crippen molar-refractivity contribution < 1.29 is 4.68 Å². The van der Waals surface area contributed by atoms with Crippen molar-refractivity contribution in [2.45, 2.75) is 6.92 Å². The Morgan fingerprint density at radius 2 is 1.44 bits per heavy atom. The first-order valence-corrected chi connectivity index (χ1v) is 8.94. The molecule has 0 aliphatic heterocycles. The Hall–Kier alpha value is -2.98. The molecule has 1 heterocycles. The van der Waals surface area contributed by atoms with Crippen LogP contribution < -0.4 is 14.6 Å². The molecular formula is C21H17N3S. The normalized spacial score (nSPS) is 11.6. The summed E-state index contributed by atoms with van der Waals surface area (Å²) in [7, 11) is 0. The van der Waals surface area contributed by atoms with Gasteiger partial charge in [0.25, 0.3) is 5.01 Å². The van der Waals surface area contributed by atoms with E-state index in [9.17, 15) is 0 Å². The minimum absolute atomic E-state index is 0.741. The van der Waals surface area contributed by atoms with Gasteiger partial charge in [0, 0.05) is 12.1 Å². The van der Waals surface area contributed by atoms with Crippen molar-refractivity contribution in [3.05, 3.63) is 95.3 Å². The Bertz CT molecular complexity index is 1030. The highest BCUT2D eigenvalue weighted by molar-refractivity contribution is 7.11. The number of aromatic nitrogens is 2. The molecular weight excluding hydrogens is 326 g/mol. The Balaban J connectivity index is 1.89. The molecule has 0 amide bonds. The Morgan fingerprint density at radius 3 is 2.12 bits per heavy atom. The quantitative estimate of drug-likeness (QED) is 0.513. The van der Waals surface area contributed by atoms with Crippen LogP contribution in [0.25, 0.3) is 16.3 Å². The van der Waals surface area contributed by atoms with Gasteiger partial charge in [-0.25, -0.2) is 0 Å². The van der Waals surface area contributed by atoms with Crippen LogP contribution >= 0.6 is 11.3 Å². The fourth-order valence-electron chi connectivity index (χ4n) is 2.56. The minimum Gasteiger partial charge on any atom is -0.423 e. The first-order chi connectivity index (χ1) is 12.3. The maximum absolute atomic E-state index is 4.74. The molecule has 0 aliphatic carbocycles. The third-order valence-electron chi connectivity index (χ3n) is 3.85. The first kappa shape index (κ1) is 15.5. The third-order valence-corrected chi connectivity index (χ3v) is 4.80. The highest BCUT2D eigenvalue weighted by atomic mass is 32.1. The van der Waals surface area contributed by atoms with E-state index in [2.05, 4.69) is 48.3 Å². The number of hydrogen-bond donors (Lipinski definition) is 0. The molecule has 0 atom stereocenters. The standard InChI is InChI=1S/C21H17N3S/c1-16-12-14-17(15-13-16)20-24(19-10-6-3-7-11-19)23-21(25-20)22-18-8-4-2-5-9-18/h2-15H,1H3. The second-order valence-corrected chi connectivity index (χ2v) is 6.71. The molecule has 0 unspecified atom stereocenters. The van der Waals surface area contributed by atoms with Gasteiger partial charge in [-0.2, -0.15) is 5.10 Å². The minimum atomic E-state index is 0.741. The number of rotatable bonds is 3. The molecule has 0 bridgehead atoms. The lowest BCUT2D eigenvalue weighted by Crippen LogP contribution is -2.39. The van der Waals surface area contributed by atoms with Crippen molar-refractivity contribution in [1.29, 1.82) is 0 Å². The van der Waals surface area contributed by atoms with Gasteiger partial charge >= 0.3 is 0 Å². The molecule has 0 saturated carbocycles. The zero-order valence-corrected chi connectivity index (χ0v) is 14.6. The topological polar surface area (TPSA) is 30.3 Å². The van der Waals surface area contributed by atoms with E-state index in [1.807, 2.05) is 53.2 Å². The van der Waals surface area contributed by atoms with Crippen molar-refractivity contribution in [2.75, 3.05) is 0 Å². The number of hydrogen-bond acceptors (Lipinski definition) is 2. The summed E-state index contributed by atoms with van der Waals surface area (Å²) in [5.74, 6) is 0. The molecule has 0 radical (unpaired) electrons. The van der Waals surface area contributed by atoms with Crippen LogP contribution in [0.15, 0.2) is 89.9 Å². The van der Waals surface area contributed by atoms with Gasteiger partial charge in [-0.3, -0.25) is 0 Å². The zero-order chi connectivity index (χ0) is 17.1. The summed E-state index contributed by atoms with van der Waals surface area (Å²) in [4.78, 5) is 5.42. The lowest BCUT2D eigenvalue weighted by molar-refractivity contribution is -0.650. The van der Waals surface area contributed by atoms with Crippen LogP contribution in [-0.2, 0) is 0 Å². The number of aryl methyl sites for hydroxylation is 1. The van der Waals surface area contributed by atoms with E-state index >= 15 is 0 Å². The predicted molar refractivity (Wildman–Crippen MR) is 101 cm³/mol. The average Bonchev–Trinajstić information content (AvgIpc) is 3.08. The maximum atomic E-state index is 4.74. The van der Waals surface area contributed by atoms with Crippen LogP contribution in [0.3, 0.4) is 0 Å². The third kappa shape index (κ3) is 3.44. The number of para-hydroxylation sites is 2. The summed E-state index contributed by atoms with van der Waals surface area (Å²) in [6.07, 6.45) is 0. The second kappa shape index (κ2) is 6.87. The molecule has 0 aliphatic rings. The molecule has 0 saturated heterocycles. The maximum Gasteiger partial charge on any atom is 0.282 e. The van der Waals surface area contributed by atoms with Crippen molar-refractivity contribution in [3.63, 3.8) is 0 Å². The van der Waals surface area contributed by atoms with Crippen LogP contribution in [0.2, 0.25) is 0 Å². The molecule has 0 spiro atoms. The number of benzene rings is 3. The Kier molecular flexibility index (Phi) is 4.27. The largest absolute Gasteiger partial charge is 0.423 e. The van der Waals surface area contributed by atoms with Crippen molar-refractivity contribution in [1.82, 2.24) is 5.10 Å². The molecule has 4 heteroatoms. The Morgan fingerprint density at radius 1 is 0.800 bits per heavy atom. The number of nitrogens with zero attached hydrogens (tertiary/aromatic N) is 3. The summed E-state index contributed by atoms with van der Waals surface area (Å²) < 4.78 is 1.97. The SMILES string of the molecule is Cc1ccc(-c2sc(=Nc3ccccc3)[n-][n+]2-c2ccccc2)cc1. The lowest BCUT2D eigenvalue weighted by Gasteiger charge is -1.99. The molecule has 1 aromatic heterocycles. The highest BCUT2D eigenvalue weighted by Gasteiger charge is 2.16. The highest BCUT2D eigenvalue weighted by Crippen LogP contribution is 2.20. The molecule has 122 valence electrons. The molecule has 0 fully saturated rings. The molecule has 0 N–H and O–H groups in total. The molecule has 4 aromatic rings. The van der Waals surface area contributed by atoms with Gasteiger partial charge in [0.05, 0.1) is 10.4 Å². The summed E-state index contributed by atoms with van der Waals surface area (Å²) in [6.45, 7) is 2.10. The first-order valence-electron chi connectivity index (χ1n) is 8.12. The van der Waals surface area contributed by atoms with E-state index in [0.29, 0.717) is 0 Å². The van der Waals surface area contributed by atoms with Crippen LogP contribution in [0.1, 0.15) is 5.56 Å². The van der Waals surface area contributed by atoms with E-state index in [4.69, 9.17) is 5.10 Å². The summed E-state index contributed by atoms with van der Waals surface area (Å²) in [6, 6.07) is 28.6. The van der Waals surface area contributed by atoms with Crippen molar-refractivity contribution in [2.24, 2.45) is 4.99 Å². The van der Waals surface area contributed by atoms with Crippen LogP contribution in [-0.4, -0.2) is 0 Å². The zero-order valence-electron chi connectivity index (χ0n) is 13.8. The van der Waals surface area contributed by atoms with Gasteiger partial charge < -0.3 is 4.99 Å². The summed E-state index contributed by atoms with van der Waals surface area (Å²) in [5, 5.41) is 5.81. The van der Waals surface area contributed by atoms with Crippen LogP contribution in [0.5, 0.6) is 0 Å². The fourth-order valence-corrected chi connectivity index (χ4v) is 3.49. The fraction of sp³-hybridized carbons (Fsp3) is 0.0476. The van der Waals surface area contributed by atoms with Gasteiger partial charge in [-0.15, -0.1) is 4.68 Å². The van der Waals surface area contributed by atoms with E-state index in [1.165, 1.54) is 5.56 Å². The molecule has 25 heavy (non-hydrogen) atoms. The van der Waals surface area contributed by atoms with E-state index in [0.717, 1.165) is 26.7 Å². The van der Waals surface area contributed by atoms with Crippen molar-refractivity contribution >= 4 is 17.0 Å². The molecule has 3 aromatic carbocycles. The average molecular weight is 343 g/mol. The van der Waals surface area contributed by atoms with E-state index < -0.39 is 0 Å². The molecule has 4 rings (SSSR count). The van der Waals surface area contributed by atoms with Gasteiger partial charge in [0.15, 0.2) is 0 Å². The van der Waals surface area contributed by atoms with Gasteiger partial charge in [0.1, 0.15) is 0 Å². The van der Waals surface area contributed by atoms with Crippen LogP contribution in [0.4, 0.5) is 5.69 Å². The van der Waals surface area contributed by atoms with Gasteiger partial charge in [-0.05, 0) is 24.7 Å². The smallest absolute Gasteiger partial charge is 0.282 e.